The number of benzene rings is 1. The first-order valence-corrected chi connectivity index (χ1v) is 11.0. The fourth-order valence-corrected chi connectivity index (χ4v) is 5.68. The normalized spacial score (nSPS) is 25.1. The summed E-state index contributed by atoms with van der Waals surface area (Å²) in [4.78, 5) is 19.4. The van der Waals surface area contributed by atoms with Crippen LogP contribution in [-0.2, 0) is 15.8 Å². The van der Waals surface area contributed by atoms with Gasteiger partial charge in [0.15, 0.2) is 15.4 Å². The second-order valence-corrected chi connectivity index (χ2v) is 10.5. The maximum Gasteiger partial charge on any atom is 0.345 e. The van der Waals surface area contributed by atoms with Crippen LogP contribution in [0, 0.1) is 0 Å². The highest BCUT2D eigenvalue weighted by Crippen LogP contribution is 2.65. The van der Waals surface area contributed by atoms with E-state index in [1.54, 1.807) is 18.2 Å². The molecule has 0 atom stereocenters. The zero-order valence-electron chi connectivity index (χ0n) is 16.1. The topological polar surface area (TPSA) is 118 Å². The van der Waals surface area contributed by atoms with Gasteiger partial charge in [-0.1, -0.05) is 18.2 Å². The van der Waals surface area contributed by atoms with Gasteiger partial charge in [0.2, 0.25) is 11.7 Å². The number of halogens is 2. The van der Waals surface area contributed by atoms with Crippen LogP contribution in [0.2, 0.25) is 0 Å². The molecule has 2 aromatic rings. The van der Waals surface area contributed by atoms with E-state index in [0.717, 1.165) is 6.26 Å². The summed E-state index contributed by atoms with van der Waals surface area (Å²) in [5.74, 6) is -6.43. The van der Waals surface area contributed by atoms with Crippen molar-refractivity contribution in [2.24, 2.45) is 0 Å². The third-order valence-corrected chi connectivity index (χ3v) is 7.60. The maximum absolute atomic E-state index is 14.0. The van der Waals surface area contributed by atoms with Crippen molar-refractivity contribution in [3.63, 3.8) is 0 Å². The van der Waals surface area contributed by atoms with Gasteiger partial charge in [-0.2, -0.15) is 13.8 Å². The molecule has 3 fully saturated rings. The molecule has 3 saturated carbocycles. The zero-order valence-corrected chi connectivity index (χ0v) is 17.0. The molecule has 0 amide bonds. The van der Waals surface area contributed by atoms with Crippen LogP contribution in [0.4, 0.5) is 14.6 Å². The van der Waals surface area contributed by atoms with Crippen molar-refractivity contribution in [2.75, 3.05) is 11.6 Å². The van der Waals surface area contributed by atoms with Crippen molar-refractivity contribution >= 4 is 21.6 Å². The summed E-state index contributed by atoms with van der Waals surface area (Å²) < 4.78 is 56.5. The van der Waals surface area contributed by atoms with Gasteiger partial charge in [0.25, 0.3) is 0 Å². The number of carbonyl (C=O) groups is 1. The van der Waals surface area contributed by atoms with Gasteiger partial charge in [0.05, 0.1) is 4.75 Å². The minimum absolute atomic E-state index is 0.219. The van der Waals surface area contributed by atoms with Gasteiger partial charge in [-0.3, -0.25) is 0 Å². The molecule has 0 saturated heterocycles. The molecule has 2 N–H and O–H groups in total. The van der Waals surface area contributed by atoms with Gasteiger partial charge in [0, 0.05) is 18.7 Å². The van der Waals surface area contributed by atoms with Crippen LogP contribution in [0.5, 0.6) is 11.6 Å². The molecule has 0 spiro atoms. The van der Waals surface area contributed by atoms with Crippen LogP contribution < -0.4 is 10.1 Å². The molecule has 3 aliphatic carbocycles. The van der Waals surface area contributed by atoms with E-state index < -0.39 is 49.3 Å². The summed E-state index contributed by atoms with van der Waals surface area (Å²) in [6, 6.07) is 8.04. The summed E-state index contributed by atoms with van der Waals surface area (Å²) in [6.45, 7) is 0.596. The first kappa shape index (κ1) is 20.5. The Hall–Kier alpha value is -2.82. The van der Waals surface area contributed by atoms with E-state index in [-0.39, 0.29) is 30.8 Å². The van der Waals surface area contributed by atoms with E-state index in [1.807, 2.05) is 0 Å². The number of hydrogen-bond donors (Lipinski definition) is 2. The molecular weight excluding hydrogens is 420 g/mol. The van der Waals surface area contributed by atoms with E-state index in [2.05, 4.69) is 15.3 Å². The molecule has 2 bridgehead atoms. The van der Waals surface area contributed by atoms with Crippen LogP contribution in [0.3, 0.4) is 0 Å². The minimum atomic E-state index is -3.45. The molecule has 0 unspecified atom stereocenters. The summed E-state index contributed by atoms with van der Waals surface area (Å²) in [6.07, 6.45) is 1.93. The predicted octanol–water partition coefficient (Wildman–Crippen LogP) is 3.21. The Morgan fingerprint density at radius 2 is 1.80 bits per heavy atom. The lowest BCUT2D eigenvalue weighted by molar-refractivity contribution is 0.00651. The molecule has 160 valence electrons. The largest absolute Gasteiger partial charge is 0.477 e. The second-order valence-electron chi connectivity index (χ2n) is 8.08. The number of anilines is 1. The maximum atomic E-state index is 14.0. The van der Waals surface area contributed by atoms with E-state index in [0.29, 0.717) is 6.92 Å². The number of aromatic carboxylic acids is 1. The van der Waals surface area contributed by atoms with Crippen LogP contribution in [0.25, 0.3) is 0 Å². The summed E-state index contributed by atoms with van der Waals surface area (Å²) in [5, 5.41) is 12.6. The number of hydrogen-bond acceptors (Lipinski definition) is 7. The first-order chi connectivity index (χ1) is 13.8. The molecular formula is C19H19F2N3O5S. The summed E-state index contributed by atoms with van der Waals surface area (Å²) >= 11 is 0. The molecule has 0 radical (unpaired) electrons. The molecule has 11 heteroatoms. The van der Waals surface area contributed by atoms with E-state index in [4.69, 9.17) is 4.74 Å². The molecule has 8 nitrogen and oxygen atoms in total. The SMILES string of the molecule is CC(F)(F)c1nc(NC23CC(S(C)(=O)=O)(C2)C3)c(C(=O)O)c(Oc2ccccc2)n1. The highest BCUT2D eigenvalue weighted by molar-refractivity contribution is 7.92. The van der Waals surface area contributed by atoms with Gasteiger partial charge in [-0.15, -0.1) is 0 Å². The molecule has 5 rings (SSSR count). The lowest BCUT2D eigenvalue weighted by Crippen LogP contribution is -2.78. The third-order valence-electron chi connectivity index (χ3n) is 5.59. The standard InChI is InChI=1S/C19H19F2N3O5S/c1-17(20,21)16-22-13(24-18-8-19(9-18,10-18)30(2,27)28)12(15(25)26)14(23-16)29-11-6-4-3-5-7-11/h3-7H,8-10H2,1-2H3,(H,25,26)(H,22,23,24). The molecule has 3 aliphatic rings. The second kappa shape index (κ2) is 6.34. The number of carboxylic acid groups (broad SMARTS) is 1. The van der Waals surface area contributed by atoms with Crippen molar-refractivity contribution < 1.29 is 31.8 Å². The smallest absolute Gasteiger partial charge is 0.345 e. The van der Waals surface area contributed by atoms with E-state index in [1.165, 1.54) is 12.1 Å². The number of sulfone groups is 1. The van der Waals surface area contributed by atoms with Crippen molar-refractivity contribution in [3.05, 3.63) is 41.7 Å². The average molecular weight is 439 g/mol. The van der Waals surface area contributed by atoms with Crippen LogP contribution in [0.15, 0.2) is 30.3 Å². The van der Waals surface area contributed by atoms with Crippen LogP contribution in [0.1, 0.15) is 42.4 Å². The predicted molar refractivity (Wildman–Crippen MR) is 103 cm³/mol. The third kappa shape index (κ3) is 3.26. The number of nitrogens with zero attached hydrogens (tertiary/aromatic N) is 2. The number of aromatic nitrogens is 2. The Labute approximate surface area is 171 Å². The fourth-order valence-electron chi connectivity index (χ4n) is 4.07. The lowest BCUT2D eigenvalue weighted by atomic mass is 9.49. The van der Waals surface area contributed by atoms with Crippen molar-refractivity contribution in [1.82, 2.24) is 9.97 Å². The Kier molecular flexibility index (Phi) is 4.32. The van der Waals surface area contributed by atoms with E-state index >= 15 is 0 Å². The van der Waals surface area contributed by atoms with Crippen molar-refractivity contribution in [1.29, 1.82) is 0 Å². The quantitative estimate of drug-likeness (QED) is 0.675. The highest BCUT2D eigenvalue weighted by atomic mass is 32.2. The Bertz CT molecular complexity index is 1110. The first-order valence-electron chi connectivity index (χ1n) is 9.09. The molecule has 30 heavy (non-hydrogen) atoms. The summed E-state index contributed by atoms with van der Waals surface area (Å²) in [5.41, 5.74) is -1.20. The Balaban J connectivity index is 1.74. The number of alkyl halides is 2. The van der Waals surface area contributed by atoms with Gasteiger partial charge in [-0.05, 0) is 31.4 Å². The number of nitrogens with one attached hydrogen (secondary N) is 1. The Morgan fingerprint density at radius 1 is 1.20 bits per heavy atom. The van der Waals surface area contributed by atoms with Gasteiger partial charge in [-0.25, -0.2) is 18.2 Å². The fraction of sp³-hybridized carbons (Fsp3) is 0.421. The van der Waals surface area contributed by atoms with Gasteiger partial charge < -0.3 is 15.2 Å². The van der Waals surface area contributed by atoms with Crippen molar-refractivity contribution in [3.8, 4) is 11.6 Å². The average Bonchev–Trinajstić information content (AvgIpc) is 2.55. The highest BCUT2D eigenvalue weighted by Gasteiger charge is 2.73. The van der Waals surface area contributed by atoms with E-state index in [9.17, 15) is 27.1 Å². The number of ether oxygens (including phenoxy) is 1. The molecule has 0 aliphatic heterocycles. The molecule has 1 heterocycles. The van der Waals surface area contributed by atoms with Crippen LogP contribution >= 0.6 is 0 Å². The number of carboxylic acids is 1. The van der Waals surface area contributed by atoms with Gasteiger partial charge >= 0.3 is 11.9 Å². The monoisotopic (exact) mass is 439 g/mol. The molecule has 1 aromatic heterocycles. The molecule has 1 aromatic carbocycles. The zero-order chi connectivity index (χ0) is 21.9. The number of rotatable bonds is 7. The number of para-hydroxylation sites is 1. The lowest BCUT2D eigenvalue weighted by Gasteiger charge is -2.69. The minimum Gasteiger partial charge on any atom is -0.477 e. The van der Waals surface area contributed by atoms with Crippen molar-refractivity contribution in [2.45, 2.75) is 42.4 Å². The Morgan fingerprint density at radius 3 is 2.30 bits per heavy atom. The van der Waals surface area contributed by atoms with Gasteiger partial charge in [0.1, 0.15) is 11.6 Å². The summed E-state index contributed by atoms with van der Waals surface area (Å²) in [7, 11) is -3.27. The van der Waals surface area contributed by atoms with Crippen LogP contribution in [-0.4, -0.2) is 46.0 Å².